The fourth-order valence-corrected chi connectivity index (χ4v) is 5.10. The van der Waals surface area contributed by atoms with Gasteiger partial charge in [0.2, 0.25) is 0 Å². The first-order valence-electron chi connectivity index (χ1n) is 12.6. The van der Waals surface area contributed by atoms with Crippen LogP contribution in [0, 0.1) is 0 Å². The molecule has 3 aromatic rings. The van der Waals surface area contributed by atoms with Crippen molar-refractivity contribution >= 4 is 29.4 Å². The van der Waals surface area contributed by atoms with Crippen molar-refractivity contribution in [1.29, 1.82) is 0 Å². The van der Waals surface area contributed by atoms with E-state index in [0.717, 1.165) is 4.90 Å². The highest BCUT2D eigenvalue weighted by Crippen LogP contribution is 2.32. The minimum absolute atomic E-state index is 0.155. The second-order valence-electron chi connectivity index (χ2n) is 9.28. The van der Waals surface area contributed by atoms with Crippen LogP contribution in [0.4, 0.5) is 0 Å². The third-order valence-electron chi connectivity index (χ3n) is 7.10. The van der Waals surface area contributed by atoms with E-state index in [1.54, 1.807) is 60.7 Å². The number of carbonyl (C=O) groups is 5. The predicted octanol–water partition coefficient (Wildman–Crippen LogP) is 4.02. The van der Waals surface area contributed by atoms with E-state index in [1.807, 2.05) is 0 Å². The molecule has 0 saturated heterocycles. The van der Waals surface area contributed by atoms with Crippen molar-refractivity contribution in [3.05, 3.63) is 94.5 Å². The van der Waals surface area contributed by atoms with Crippen LogP contribution in [0.1, 0.15) is 71.1 Å². The van der Waals surface area contributed by atoms with Crippen molar-refractivity contribution in [3.63, 3.8) is 0 Å². The Labute approximate surface area is 224 Å². The van der Waals surface area contributed by atoms with Gasteiger partial charge in [0, 0.05) is 12.1 Å². The fourth-order valence-electron chi connectivity index (χ4n) is 5.10. The second-order valence-corrected chi connectivity index (χ2v) is 9.28. The summed E-state index contributed by atoms with van der Waals surface area (Å²) in [5.41, 5.74) is 1.50. The minimum atomic E-state index is -1.09. The fraction of sp³-hybridized carbons (Fsp3) is 0.233. The molecule has 3 aromatic carbocycles. The van der Waals surface area contributed by atoms with Crippen LogP contribution in [0.2, 0.25) is 0 Å². The van der Waals surface area contributed by atoms with Crippen molar-refractivity contribution < 1.29 is 33.4 Å². The molecule has 4 amide bonds. The smallest absolute Gasteiger partial charge is 0.262 e. The number of unbranched alkanes of at least 4 members (excludes halogenated alkanes) is 1. The van der Waals surface area contributed by atoms with E-state index in [4.69, 9.17) is 9.47 Å². The summed E-state index contributed by atoms with van der Waals surface area (Å²) in [7, 11) is 2.93. The number of rotatable bonds is 10. The number of hydrogen-bond acceptors (Lipinski definition) is 7. The number of carbonyl (C=O) groups excluding carboxylic acids is 5. The molecule has 0 N–H and O–H groups in total. The number of ether oxygens (including phenoxy) is 2. The molecule has 0 aliphatic carbocycles. The van der Waals surface area contributed by atoms with E-state index < -0.39 is 23.6 Å². The van der Waals surface area contributed by atoms with Crippen LogP contribution >= 0.6 is 0 Å². The normalized spacial score (nSPS) is 14.9. The lowest BCUT2D eigenvalue weighted by atomic mass is 9.97. The van der Waals surface area contributed by atoms with Gasteiger partial charge in [0.25, 0.3) is 23.6 Å². The zero-order valence-electron chi connectivity index (χ0n) is 21.5. The molecule has 0 aromatic heterocycles. The first kappa shape index (κ1) is 25.8. The number of benzene rings is 3. The summed E-state index contributed by atoms with van der Waals surface area (Å²) in [5, 5.41) is 0. The number of ketones is 1. The van der Waals surface area contributed by atoms with E-state index in [-0.39, 0.29) is 41.5 Å². The molecule has 0 bridgehead atoms. The van der Waals surface area contributed by atoms with E-state index in [0.29, 0.717) is 35.5 Å². The monoisotopic (exact) mass is 526 g/mol. The van der Waals surface area contributed by atoms with E-state index in [9.17, 15) is 24.0 Å². The maximum absolute atomic E-state index is 13.8. The molecule has 2 heterocycles. The van der Waals surface area contributed by atoms with Gasteiger partial charge in [-0.1, -0.05) is 24.3 Å². The van der Waals surface area contributed by atoms with Gasteiger partial charge in [-0.3, -0.25) is 33.8 Å². The quantitative estimate of drug-likeness (QED) is 0.223. The lowest BCUT2D eigenvalue weighted by Crippen LogP contribution is -2.45. The van der Waals surface area contributed by atoms with Crippen molar-refractivity contribution in [2.75, 3.05) is 20.8 Å². The number of nitrogens with zero attached hydrogens (tertiary/aromatic N) is 2. The molecule has 198 valence electrons. The molecule has 1 unspecified atom stereocenters. The Hall–Kier alpha value is -4.79. The molecular weight excluding hydrogens is 500 g/mol. The molecule has 0 fully saturated rings. The number of Topliss-reactive ketones (excluding diaryl/α,β-unsaturated/α-hetero) is 1. The molecule has 2 aliphatic rings. The topological polar surface area (TPSA) is 110 Å². The Balaban J connectivity index is 1.36. The molecule has 9 nitrogen and oxygen atoms in total. The predicted molar refractivity (Wildman–Crippen MR) is 140 cm³/mol. The van der Waals surface area contributed by atoms with E-state index in [1.165, 1.54) is 25.2 Å². The number of fused-ring (bicyclic) bond motifs is 2. The highest BCUT2D eigenvalue weighted by Gasteiger charge is 2.43. The van der Waals surface area contributed by atoms with Gasteiger partial charge in [0.1, 0.15) is 6.04 Å². The summed E-state index contributed by atoms with van der Waals surface area (Å²) in [6.07, 6.45) is 0.927. The summed E-state index contributed by atoms with van der Waals surface area (Å²) in [4.78, 5) is 67.9. The highest BCUT2D eigenvalue weighted by molar-refractivity contribution is 6.24. The maximum atomic E-state index is 13.8. The first-order valence-corrected chi connectivity index (χ1v) is 12.6. The first-order chi connectivity index (χ1) is 18.9. The zero-order valence-corrected chi connectivity index (χ0v) is 21.5. The Bertz CT molecular complexity index is 1440. The Morgan fingerprint density at radius 2 is 1.21 bits per heavy atom. The van der Waals surface area contributed by atoms with Gasteiger partial charge >= 0.3 is 0 Å². The summed E-state index contributed by atoms with van der Waals surface area (Å²) < 4.78 is 10.6. The average molecular weight is 527 g/mol. The SMILES string of the molecule is COc1ccc(C(=O)C(CCCCN2C(=O)c3ccccc3C2=O)N2C(=O)c3ccccc3C2=O)cc1OC. The van der Waals surface area contributed by atoms with Gasteiger partial charge in [-0.15, -0.1) is 0 Å². The van der Waals surface area contributed by atoms with Crippen LogP contribution in [0.25, 0.3) is 0 Å². The molecule has 2 aliphatic heterocycles. The Morgan fingerprint density at radius 3 is 1.72 bits per heavy atom. The van der Waals surface area contributed by atoms with Crippen LogP contribution in [-0.2, 0) is 0 Å². The Morgan fingerprint density at radius 1 is 0.692 bits per heavy atom. The van der Waals surface area contributed by atoms with Gasteiger partial charge in [-0.2, -0.15) is 0 Å². The lowest BCUT2D eigenvalue weighted by Gasteiger charge is -2.26. The van der Waals surface area contributed by atoms with E-state index >= 15 is 0 Å². The summed E-state index contributed by atoms with van der Waals surface area (Å²) in [5.74, 6) is -1.42. The third kappa shape index (κ3) is 4.46. The Kier molecular flexibility index (Phi) is 6.98. The number of imide groups is 2. The standard InChI is InChI=1S/C30H26N2O7/c1-38-24-15-14-18(17-25(24)39-2)26(33)23(32-29(36)21-11-5-6-12-22(21)30(32)37)13-7-8-16-31-27(34)19-9-3-4-10-20(19)28(31)35/h3-6,9-12,14-15,17,23H,7-8,13,16H2,1-2H3. The largest absolute Gasteiger partial charge is 0.493 e. The van der Waals surface area contributed by atoms with Gasteiger partial charge in [-0.05, 0) is 61.7 Å². The van der Waals surface area contributed by atoms with Crippen molar-refractivity contribution in [3.8, 4) is 11.5 Å². The van der Waals surface area contributed by atoms with Gasteiger partial charge in [0.05, 0.1) is 36.5 Å². The van der Waals surface area contributed by atoms with Crippen LogP contribution in [0.3, 0.4) is 0 Å². The molecule has 0 radical (unpaired) electrons. The summed E-state index contributed by atoms with van der Waals surface area (Å²) in [6, 6.07) is 16.7. The third-order valence-corrected chi connectivity index (χ3v) is 7.10. The summed E-state index contributed by atoms with van der Waals surface area (Å²) in [6.45, 7) is 0.158. The molecule has 0 saturated carbocycles. The molecule has 0 spiro atoms. The van der Waals surface area contributed by atoms with Crippen molar-refractivity contribution in [2.24, 2.45) is 0 Å². The number of hydrogen-bond donors (Lipinski definition) is 0. The van der Waals surface area contributed by atoms with Gasteiger partial charge in [-0.25, -0.2) is 0 Å². The van der Waals surface area contributed by atoms with Crippen molar-refractivity contribution in [2.45, 2.75) is 25.3 Å². The van der Waals surface area contributed by atoms with Gasteiger partial charge < -0.3 is 9.47 Å². The summed E-state index contributed by atoms with van der Waals surface area (Å²) >= 11 is 0. The lowest BCUT2D eigenvalue weighted by molar-refractivity contribution is 0.0529. The van der Waals surface area contributed by atoms with E-state index in [2.05, 4.69) is 0 Å². The molecular formula is C30H26N2O7. The maximum Gasteiger partial charge on any atom is 0.262 e. The second kappa shape index (κ2) is 10.5. The molecule has 1 atom stereocenters. The number of methoxy groups -OCH3 is 2. The van der Waals surface area contributed by atoms with Crippen LogP contribution in [-0.4, -0.2) is 66.0 Å². The molecule has 39 heavy (non-hydrogen) atoms. The average Bonchev–Trinajstić information content (AvgIpc) is 3.37. The highest BCUT2D eigenvalue weighted by atomic mass is 16.5. The zero-order chi connectivity index (χ0) is 27.7. The van der Waals surface area contributed by atoms with Crippen LogP contribution in [0.5, 0.6) is 11.5 Å². The van der Waals surface area contributed by atoms with Crippen LogP contribution < -0.4 is 9.47 Å². The van der Waals surface area contributed by atoms with Crippen molar-refractivity contribution in [1.82, 2.24) is 9.80 Å². The number of amides is 4. The van der Waals surface area contributed by atoms with Gasteiger partial charge in [0.15, 0.2) is 17.3 Å². The minimum Gasteiger partial charge on any atom is -0.493 e. The van der Waals surface area contributed by atoms with Crippen LogP contribution in [0.15, 0.2) is 66.7 Å². The molecule has 9 heteroatoms. The molecule has 5 rings (SSSR count).